The van der Waals surface area contributed by atoms with E-state index in [-0.39, 0.29) is 11.7 Å². The van der Waals surface area contributed by atoms with E-state index in [4.69, 9.17) is 23.0 Å². The second-order valence-corrected chi connectivity index (χ2v) is 6.15. The average Bonchev–Trinajstić information content (AvgIpc) is 3.35. The molecule has 148 valence electrons. The van der Waals surface area contributed by atoms with Gasteiger partial charge in [0.05, 0.1) is 27.9 Å². The highest BCUT2D eigenvalue weighted by atomic mass is 16.5. The lowest BCUT2D eigenvalue weighted by molar-refractivity contribution is 0.0918. The summed E-state index contributed by atoms with van der Waals surface area (Å²) in [5, 5.41) is 2.77. The molecule has 3 rings (SSSR count). The molecule has 2 heterocycles. The minimum Gasteiger partial charge on any atom is -0.496 e. The van der Waals surface area contributed by atoms with Gasteiger partial charge in [-0.05, 0) is 31.2 Å². The van der Waals surface area contributed by atoms with Crippen LogP contribution in [0.4, 0.5) is 0 Å². The maximum absolute atomic E-state index is 12.3. The van der Waals surface area contributed by atoms with Crippen LogP contribution in [0.25, 0.3) is 0 Å². The summed E-state index contributed by atoms with van der Waals surface area (Å²) >= 11 is 0. The standard InChI is InChI=1S/C21H23NO6/c1-13-5-6-15(27-13)12-22-21(23)18-8-7-14(28-18)9-17-19(25-3)10-16(24-2)11-20(17)26-4/h5-8,10-11H,9,12H2,1-4H3,(H,22,23). The third-order valence-corrected chi connectivity index (χ3v) is 4.27. The zero-order valence-corrected chi connectivity index (χ0v) is 16.3. The van der Waals surface area contributed by atoms with E-state index in [2.05, 4.69) is 5.32 Å². The maximum Gasteiger partial charge on any atom is 0.287 e. The molecule has 0 atom stereocenters. The number of nitrogens with one attached hydrogen (secondary N) is 1. The topological polar surface area (TPSA) is 83.1 Å². The first kappa shape index (κ1) is 19.4. The van der Waals surface area contributed by atoms with Crippen LogP contribution in [-0.4, -0.2) is 27.2 Å². The molecule has 0 fully saturated rings. The van der Waals surface area contributed by atoms with Crippen molar-refractivity contribution in [3.63, 3.8) is 0 Å². The van der Waals surface area contributed by atoms with Crippen LogP contribution in [0.15, 0.2) is 45.2 Å². The van der Waals surface area contributed by atoms with E-state index in [0.717, 1.165) is 11.3 Å². The van der Waals surface area contributed by atoms with Crippen LogP contribution in [-0.2, 0) is 13.0 Å². The number of methoxy groups -OCH3 is 3. The van der Waals surface area contributed by atoms with Gasteiger partial charge in [0, 0.05) is 24.1 Å². The number of rotatable bonds is 8. The normalized spacial score (nSPS) is 10.6. The molecule has 7 nitrogen and oxygen atoms in total. The summed E-state index contributed by atoms with van der Waals surface area (Å²) in [6.45, 7) is 2.15. The Morgan fingerprint density at radius 2 is 1.61 bits per heavy atom. The second kappa shape index (κ2) is 8.56. The summed E-state index contributed by atoms with van der Waals surface area (Å²) < 4.78 is 27.3. The Kier molecular flexibility index (Phi) is 5.93. The van der Waals surface area contributed by atoms with Gasteiger partial charge in [0.2, 0.25) is 0 Å². The van der Waals surface area contributed by atoms with Crippen LogP contribution in [0.1, 0.15) is 33.4 Å². The van der Waals surface area contributed by atoms with Crippen molar-refractivity contribution in [2.45, 2.75) is 19.9 Å². The van der Waals surface area contributed by atoms with E-state index in [0.29, 0.717) is 41.7 Å². The number of ether oxygens (including phenoxy) is 3. The number of carbonyl (C=O) groups excluding carboxylic acids is 1. The van der Waals surface area contributed by atoms with Gasteiger partial charge < -0.3 is 28.4 Å². The Hall–Kier alpha value is -3.35. The van der Waals surface area contributed by atoms with Gasteiger partial charge in [-0.1, -0.05) is 0 Å². The first-order valence-electron chi connectivity index (χ1n) is 8.75. The first-order valence-corrected chi connectivity index (χ1v) is 8.75. The van der Waals surface area contributed by atoms with Crippen LogP contribution in [0, 0.1) is 6.92 Å². The summed E-state index contributed by atoms with van der Waals surface area (Å²) in [7, 11) is 4.74. The molecule has 1 N–H and O–H groups in total. The van der Waals surface area contributed by atoms with Crippen LogP contribution < -0.4 is 19.5 Å². The van der Waals surface area contributed by atoms with Gasteiger partial charge in [-0.25, -0.2) is 0 Å². The van der Waals surface area contributed by atoms with E-state index in [1.165, 1.54) is 0 Å². The zero-order chi connectivity index (χ0) is 20.1. The molecule has 1 amide bonds. The van der Waals surface area contributed by atoms with Crippen molar-refractivity contribution in [1.82, 2.24) is 5.32 Å². The molecule has 3 aromatic rings. The molecule has 0 aliphatic carbocycles. The molecule has 0 saturated carbocycles. The fraction of sp³-hybridized carbons (Fsp3) is 0.286. The third-order valence-electron chi connectivity index (χ3n) is 4.27. The molecule has 0 spiro atoms. The van der Waals surface area contributed by atoms with Crippen molar-refractivity contribution in [2.24, 2.45) is 0 Å². The molecule has 0 saturated heterocycles. The molecular weight excluding hydrogens is 362 g/mol. The van der Waals surface area contributed by atoms with Crippen molar-refractivity contribution in [1.29, 1.82) is 0 Å². The van der Waals surface area contributed by atoms with Gasteiger partial charge in [-0.2, -0.15) is 0 Å². The van der Waals surface area contributed by atoms with Crippen molar-refractivity contribution in [3.05, 3.63) is 65.0 Å². The molecule has 0 bridgehead atoms. The van der Waals surface area contributed by atoms with E-state index >= 15 is 0 Å². The summed E-state index contributed by atoms with van der Waals surface area (Å²) in [6.07, 6.45) is 0.404. The van der Waals surface area contributed by atoms with Crippen LogP contribution >= 0.6 is 0 Å². The Labute approximate surface area is 163 Å². The highest BCUT2D eigenvalue weighted by molar-refractivity contribution is 5.91. The van der Waals surface area contributed by atoms with Crippen molar-refractivity contribution in [2.75, 3.05) is 21.3 Å². The van der Waals surface area contributed by atoms with Gasteiger partial charge in [-0.15, -0.1) is 0 Å². The lowest BCUT2D eigenvalue weighted by atomic mass is 10.1. The number of amides is 1. The summed E-state index contributed by atoms with van der Waals surface area (Å²) in [6, 6.07) is 10.6. The Bertz CT molecular complexity index is 930. The number of furan rings is 2. The Balaban J connectivity index is 1.73. The van der Waals surface area contributed by atoms with Gasteiger partial charge in [-0.3, -0.25) is 4.79 Å². The smallest absolute Gasteiger partial charge is 0.287 e. The molecule has 0 unspecified atom stereocenters. The van der Waals surface area contributed by atoms with Crippen LogP contribution in [0.5, 0.6) is 17.2 Å². The number of hydrogen-bond donors (Lipinski definition) is 1. The summed E-state index contributed by atoms with van der Waals surface area (Å²) in [5.41, 5.74) is 0.804. The van der Waals surface area contributed by atoms with E-state index in [1.807, 2.05) is 19.1 Å². The minimum absolute atomic E-state index is 0.227. The predicted octanol–water partition coefficient (Wildman–Crippen LogP) is 3.73. The summed E-state index contributed by atoms with van der Waals surface area (Å²) in [5.74, 6) is 3.88. The van der Waals surface area contributed by atoms with Gasteiger partial charge in [0.15, 0.2) is 5.76 Å². The molecule has 7 heteroatoms. The van der Waals surface area contributed by atoms with E-state index in [9.17, 15) is 4.79 Å². The fourth-order valence-electron chi connectivity index (χ4n) is 2.86. The minimum atomic E-state index is -0.311. The highest BCUT2D eigenvalue weighted by Crippen LogP contribution is 2.35. The van der Waals surface area contributed by atoms with Gasteiger partial charge in [0.1, 0.15) is 34.5 Å². The monoisotopic (exact) mass is 385 g/mol. The Morgan fingerprint density at radius 1 is 0.929 bits per heavy atom. The molecule has 0 aliphatic heterocycles. The van der Waals surface area contributed by atoms with Crippen molar-refractivity contribution in [3.8, 4) is 17.2 Å². The molecule has 28 heavy (non-hydrogen) atoms. The summed E-state index contributed by atoms with van der Waals surface area (Å²) in [4.78, 5) is 12.3. The average molecular weight is 385 g/mol. The lowest BCUT2D eigenvalue weighted by Gasteiger charge is -2.14. The largest absolute Gasteiger partial charge is 0.496 e. The van der Waals surface area contributed by atoms with Crippen molar-refractivity contribution < 1.29 is 27.8 Å². The maximum atomic E-state index is 12.3. The molecule has 1 aromatic carbocycles. The fourth-order valence-corrected chi connectivity index (χ4v) is 2.86. The molecule has 0 aliphatic rings. The molecule has 2 aromatic heterocycles. The SMILES string of the molecule is COc1cc(OC)c(Cc2ccc(C(=O)NCc3ccc(C)o3)o2)c(OC)c1. The lowest BCUT2D eigenvalue weighted by Crippen LogP contribution is -2.21. The highest BCUT2D eigenvalue weighted by Gasteiger charge is 2.17. The first-order chi connectivity index (χ1) is 13.5. The number of benzene rings is 1. The number of carbonyl (C=O) groups is 1. The number of hydrogen-bond acceptors (Lipinski definition) is 6. The number of aryl methyl sites for hydroxylation is 1. The van der Waals surface area contributed by atoms with Gasteiger partial charge in [0.25, 0.3) is 5.91 Å². The Morgan fingerprint density at radius 3 is 2.18 bits per heavy atom. The predicted molar refractivity (Wildman–Crippen MR) is 102 cm³/mol. The van der Waals surface area contributed by atoms with E-state index < -0.39 is 0 Å². The molecular formula is C21H23NO6. The molecule has 0 radical (unpaired) electrons. The third kappa shape index (κ3) is 4.31. The van der Waals surface area contributed by atoms with Crippen LogP contribution in [0.3, 0.4) is 0 Å². The quantitative estimate of drug-likeness (QED) is 0.636. The zero-order valence-electron chi connectivity index (χ0n) is 16.3. The van der Waals surface area contributed by atoms with Gasteiger partial charge >= 0.3 is 0 Å². The van der Waals surface area contributed by atoms with Crippen molar-refractivity contribution >= 4 is 5.91 Å². The van der Waals surface area contributed by atoms with E-state index in [1.54, 1.807) is 45.6 Å². The second-order valence-electron chi connectivity index (χ2n) is 6.15. The van der Waals surface area contributed by atoms with Crippen LogP contribution in [0.2, 0.25) is 0 Å².